The van der Waals surface area contributed by atoms with Gasteiger partial charge in [0.2, 0.25) is 0 Å². The summed E-state index contributed by atoms with van der Waals surface area (Å²) in [5, 5.41) is 9.26. The molecule has 1 aromatic rings. The standard InChI is InChI=1S/C14H22N2O/c1-11-5-6-14(12(9-11)13(15)10-17)16-7-3-2-4-8-16/h5-6,9,13,17H,2-4,7-8,10,15H2,1H3. The Bertz CT molecular complexity index is 372. The molecule has 1 aliphatic rings. The first-order chi connectivity index (χ1) is 8.22. The molecule has 17 heavy (non-hydrogen) atoms. The summed E-state index contributed by atoms with van der Waals surface area (Å²) >= 11 is 0. The summed E-state index contributed by atoms with van der Waals surface area (Å²) in [4.78, 5) is 2.40. The first-order valence-electron chi connectivity index (χ1n) is 6.44. The topological polar surface area (TPSA) is 49.5 Å². The second-order valence-corrected chi connectivity index (χ2v) is 4.90. The summed E-state index contributed by atoms with van der Waals surface area (Å²) < 4.78 is 0. The van der Waals surface area contributed by atoms with E-state index in [0.717, 1.165) is 18.7 Å². The minimum Gasteiger partial charge on any atom is -0.394 e. The largest absolute Gasteiger partial charge is 0.394 e. The van der Waals surface area contributed by atoms with Crippen molar-refractivity contribution in [1.29, 1.82) is 0 Å². The fourth-order valence-electron chi connectivity index (χ4n) is 2.49. The van der Waals surface area contributed by atoms with Gasteiger partial charge in [0.05, 0.1) is 12.6 Å². The van der Waals surface area contributed by atoms with Gasteiger partial charge in [0, 0.05) is 18.8 Å². The number of rotatable bonds is 3. The SMILES string of the molecule is Cc1ccc(N2CCCCC2)c(C(N)CO)c1. The number of aliphatic hydroxyl groups is 1. The molecule has 3 nitrogen and oxygen atoms in total. The first-order valence-corrected chi connectivity index (χ1v) is 6.44. The molecule has 94 valence electrons. The highest BCUT2D eigenvalue weighted by molar-refractivity contribution is 5.56. The molecule has 0 aliphatic carbocycles. The van der Waals surface area contributed by atoms with E-state index in [9.17, 15) is 5.11 Å². The van der Waals surface area contributed by atoms with Crippen molar-refractivity contribution < 1.29 is 5.11 Å². The van der Waals surface area contributed by atoms with E-state index in [0.29, 0.717) is 0 Å². The molecule has 1 unspecified atom stereocenters. The zero-order valence-corrected chi connectivity index (χ0v) is 10.5. The summed E-state index contributed by atoms with van der Waals surface area (Å²) in [6, 6.07) is 6.10. The Morgan fingerprint density at radius 2 is 2.00 bits per heavy atom. The molecule has 3 N–H and O–H groups in total. The molecule has 0 spiro atoms. The lowest BCUT2D eigenvalue weighted by atomic mass is 10.0. The van der Waals surface area contributed by atoms with Gasteiger partial charge in [0.15, 0.2) is 0 Å². The molecule has 0 aromatic heterocycles. The van der Waals surface area contributed by atoms with Crippen LogP contribution < -0.4 is 10.6 Å². The number of benzene rings is 1. The lowest BCUT2D eigenvalue weighted by Crippen LogP contribution is -2.31. The highest BCUT2D eigenvalue weighted by Gasteiger charge is 2.17. The fraction of sp³-hybridized carbons (Fsp3) is 0.571. The maximum absolute atomic E-state index is 9.26. The van der Waals surface area contributed by atoms with Gasteiger partial charge in [-0.05, 0) is 37.8 Å². The minimum atomic E-state index is -0.271. The maximum atomic E-state index is 9.26. The van der Waals surface area contributed by atoms with Crippen molar-refractivity contribution in [1.82, 2.24) is 0 Å². The Labute approximate surface area is 103 Å². The Morgan fingerprint density at radius 1 is 1.29 bits per heavy atom. The Kier molecular flexibility index (Phi) is 4.02. The van der Waals surface area contributed by atoms with Crippen LogP contribution in [0.1, 0.15) is 36.4 Å². The molecule has 1 atom stereocenters. The number of hydrogen-bond acceptors (Lipinski definition) is 3. The highest BCUT2D eigenvalue weighted by Crippen LogP contribution is 2.28. The van der Waals surface area contributed by atoms with Crippen molar-refractivity contribution in [3.05, 3.63) is 29.3 Å². The van der Waals surface area contributed by atoms with Gasteiger partial charge in [-0.3, -0.25) is 0 Å². The monoisotopic (exact) mass is 234 g/mol. The number of aryl methyl sites for hydroxylation is 1. The molecule has 0 radical (unpaired) electrons. The molecular formula is C14H22N2O. The van der Waals surface area contributed by atoms with Crippen molar-refractivity contribution in [2.24, 2.45) is 5.73 Å². The first kappa shape index (κ1) is 12.4. The van der Waals surface area contributed by atoms with Crippen molar-refractivity contribution in [3.63, 3.8) is 0 Å². The number of aliphatic hydroxyl groups excluding tert-OH is 1. The predicted octanol–water partition coefficient (Wildman–Crippen LogP) is 1.98. The Balaban J connectivity index is 2.30. The molecule has 1 aliphatic heterocycles. The minimum absolute atomic E-state index is 0.00426. The third-order valence-corrected chi connectivity index (χ3v) is 3.48. The summed E-state index contributed by atoms with van der Waals surface area (Å²) in [6.07, 6.45) is 3.83. The normalized spacial score (nSPS) is 18.2. The van der Waals surface area contributed by atoms with Crippen LogP contribution in [0.5, 0.6) is 0 Å². The summed E-state index contributed by atoms with van der Waals surface area (Å²) in [5.74, 6) is 0. The third kappa shape index (κ3) is 2.79. The number of nitrogens with two attached hydrogens (primary N) is 1. The zero-order valence-electron chi connectivity index (χ0n) is 10.5. The maximum Gasteiger partial charge on any atom is 0.0625 e. The second kappa shape index (κ2) is 5.52. The summed E-state index contributed by atoms with van der Waals surface area (Å²) in [7, 11) is 0. The Hall–Kier alpha value is -1.06. The molecule has 3 heteroatoms. The van der Waals surface area contributed by atoms with E-state index in [1.54, 1.807) is 0 Å². The van der Waals surface area contributed by atoms with Crippen LogP contribution in [0.25, 0.3) is 0 Å². The molecule has 0 saturated carbocycles. The van der Waals surface area contributed by atoms with Crippen LogP contribution in [0.3, 0.4) is 0 Å². The molecule has 1 saturated heterocycles. The van der Waals surface area contributed by atoms with Gasteiger partial charge in [-0.25, -0.2) is 0 Å². The van der Waals surface area contributed by atoms with Gasteiger partial charge in [-0.2, -0.15) is 0 Å². The van der Waals surface area contributed by atoms with Crippen LogP contribution in [0.2, 0.25) is 0 Å². The van der Waals surface area contributed by atoms with Crippen LogP contribution in [-0.4, -0.2) is 24.8 Å². The molecular weight excluding hydrogens is 212 g/mol. The second-order valence-electron chi connectivity index (χ2n) is 4.90. The van der Waals surface area contributed by atoms with Gasteiger partial charge < -0.3 is 15.7 Å². The van der Waals surface area contributed by atoms with E-state index in [1.165, 1.54) is 30.5 Å². The highest BCUT2D eigenvalue weighted by atomic mass is 16.3. The third-order valence-electron chi connectivity index (χ3n) is 3.48. The number of piperidine rings is 1. The van der Waals surface area contributed by atoms with E-state index in [2.05, 4.69) is 30.0 Å². The predicted molar refractivity (Wildman–Crippen MR) is 71.3 cm³/mol. The zero-order chi connectivity index (χ0) is 12.3. The fourth-order valence-corrected chi connectivity index (χ4v) is 2.49. The van der Waals surface area contributed by atoms with Crippen LogP contribution in [-0.2, 0) is 0 Å². The van der Waals surface area contributed by atoms with E-state index in [-0.39, 0.29) is 12.6 Å². The van der Waals surface area contributed by atoms with Crippen LogP contribution >= 0.6 is 0 Å². The van der Waals surface area contributed by atoms with E-state index in [4.69, 9.17) is 5.73 Å². The smallest absolute Gasteiger partial charge is 0.0625 e. The van der Waals surface area contributed by atoms with Crippen molar-refractivity contribution in [2.45, 2.75) is 32.2 Å². The van der Waals surface area contributed by atoms with Gasteiger partial charge >= 0.3 is 0 Å². The Morgan fingerprint density at radius 3 is 2.65 bits per heavy atom. The molecule has 0 amide bonds. The number of hydrogen-bond donors (Lipinski definition) is 2. The number of nitrogens with zero attached hydrogens (tertiary/aromatic N) is 1. The lowest BCUT2D eigenvalue weighted by molar-refractivity contribution is 0.268. The molecule has 1 aromatic carbocycles. The average molecular weight is 234 g/mol. The molecule has 0 bridgehead atoms. The van der Waals surface area contributed by atoms with Crippen LogP contribution in [0, 0.1) is 6.92 Å². The van der Waals surface area contributed by atoms with Crippen molar-refractivity contribution in [3.8, 4) is 0 Å². The van der Waals surface area contributed by atoms with E-state index in [1.807, 2.05) is 0 Å². The summed E-state index contributed by atoms with van der Waals surface area (Å²) in [6.45, 7) is 4.28. The molecule has 1 heterocycles. The van der Waals surface area contributed by atoms with Crippen LogP contribution in [0.15, 0.2) is 18.2 Å². The quantitative estimate of drug-likeness (QED) is 0.840. The summed E-state index contributed by atoms with van der Waals surface area (Å²) in [5.41, 5.74) is 9.48. The van der Waals surface area contributed by atoms with Gasteiger partial charge in [-0.15, -0.1) is 0 Å². The van der Waals surface area contributed by atoms with Gasteiger partial charge in [0.1, 0.15) is 0 Å². The van der Waals surface area contributed by atoms with E-state index < -0.39 is 0 Å². The van der Waals surface area contributed by atoms with Crippen LogP contribution in [0.4, 0.5) is 5.69 Å². The average Bonchev–Trinajstić information content (AvgIpc) is 2.38. The molecule has 2 rings (SSSR count). The van der Waals surface area contributed by atoms with Crippen molar-refractivity contribution in [2.75, 3.05) is 24.6 Å². The van der Waals surface area contributed by atoms with Crippen molar-refractivity contribution >= 4 is 5.69 Å². The van der Waals surface area contributed by atoms with Gasteiger partial charge in [0.25, 0.3) is 0 Å². The van der Waals surface area contributed by atoms with E-state index >= 15 is 0 Å². The molecule has 1 fully saturated rings. The van der Waals surface area contributed by atoms with Gasteiger partial charge in [-0.1, -0.05) is 17.7 Å². The lowest BCUT2D eigenvalue weighted by Gasteiger charge is -2.32. The number of anilines is 1.